The van der Waals surface area contributed by atoms with Gasteiger partial charge < -0.3 is 9.80 Å². The SMILES string of the molecule is CCCCN(CC(=O)N(Cc1ccccc1)Cc1ccc(C)s1)C(=O)c1ccc(Cl)cc1. The number of amides is 2. The van der Waals surface area contributed by atoms with E-state index in [2.05, 4.69) is 26.0 Å². The van der Waals surface area contributed by atoms with E-state index in [1.807, 2.05) is 35.2 Å². The van der Waals surface area contributed by atoms with E-state index >= 15 is 0 Å². The van der Waals surface area contributed by atoms with Gasteiger partial charge in [0.2, 0.25) is 5.91 Å². The topological polar surface area (TPSA) is 40.6 Å². The van der Waals surface area contributed by atoms with Gasteiger partial charge in [0, 0.05) is 33.4 Å². The van der Waals surface area contributed by atoms with Crippen LogP contribution in [0.15, 0.2) is 66.7 Å². The fourth-order valence-corrected chi connectivity index (χ4v) is 4.47. The molecule has 0 aliphatic rings. The lowest BCUT2D eigenvalue weighted by molar-refractivity contribution is -0.133. The summed E-state index contributed by atoms with van der Waals surface area (Å²) in [5, 5.41) is 0.581. The molecule has 1 heterocycles. The molecular weight excluding hydrogens is 440 g/mol. The maximum atomic E-state index is 13.4. The number of carbonyl (C=O) groups is 2. The molecule has 0 spiro atoms. The highest BCUT2D eigenvalue weighted by Gasteiger charge is 2.23. The van der Waals surface area contributed by atoms with Crippen LogP contribution >= 0.6 is 22.9 Å². The second-order valence-electron chi connectivity index (χ2n) is 7.83. The molecule has 0 aliphatic carbocycles. The van der Waals surface area contributed by atoms with Crippen LogP contribution in [-0.4, -0.2) is 34.7 Å². The summed E-state index contributed by atoms with van der Waals surface area (Å²) in [6, 6.07) is 20.9. The van der Waals surface area contributed by atoms with E-state index in [0.29, 0.717) is 30.2 Å². The van der Waals surface area contributed by atoms with Gasteiger partial charge in [-0.1, -0.05) is 55.3 Å². The molecule has 3 rings (SSSR count). The van der Waals surface area contributed by atoms with Gasteiger partial charge in [-0.3, -0.25) is 9.59 Å². The van der Waals surface area contributed by atoms with E-state index in [0.717, 1.165) is 23.3 Å². The summed E-state index contributed by atoms with van der Waals surface area (Å²) in [5.41, 5.74) is 1.61. The standard InChI is InChI=1S/C26H29ClN2O2S/c1-3-4-16-28(26(31)22-11-13-23(27)14-12-22)19-25(30)29(17-21-8-6-5-7-9-21)18-24-15-10-20(2)32-24/h5-15H,3-4,16-19H2,1-2H3. The van der Waals surface area contributed by atoms with Crippen LogP contribution < -0.4 is 0 Å². The highest BCUT2D eigenvalue weighted by Crippen LogP contribution is 2.19. The van der Waals surface area contributed by atoms with Gasteiger partial charge in [0.1, 0.15) is 6.54 Å². The van der Waals surface area contributed by atoms with Crippen molar-refractivity contribution in [2.24, 2.45) is 0 Å². The van der Waals surface area contributed by atoms with Crippen molar-refractivity contribution in [3.05, 3.63) is 92.6 Å². The Labute approximate surface area is 199 Å². The number of rotatable bonds is 10. The van der Waals surface area contributed by atoms with Crippen LogP contribution in [0, 0.1) is 6.92 Å². The summed E-state index contributed by atoms with van der Waals surface area (Å²) in [4.78, 5) is 32.4. The van der Waals surface area contributed by atoms with Crippen LogP contribution in [0.3, 0.4) is 0 Å². The van der Waals surface area contributed by atoms with E-state index in [9.17, 15) is 9.59 Å². The maximum absolute atomic E-state index is 13.4. The lowest BCUT2D eigenvalue weighted by Crippen LogP contribution is -2.42. The molecule has 0 aliphatic heterocycles. The zero-order valence-corrected chi connectivity index (χ0v) is 20.2. The Balaban J connectivity index is 1.79. The molecule has 0 bridgehead atoms. The first kappa shape index (κ1) is 24.0. The van der Waals surface area contributed by atoms with Crippen molar-refractivity contribution in [3.8, 4) is 0 Å². The van der Waals surface area contributed by atoms with Crippen molar-refractivity contribution in [3.63, 3.8) is 0 Å². The van der Waals surface area contributed by atoms with Gasteiger partial charge in [0.15, 0.2) is 0 Å². The van der Waals surface area contributed by atoms with Gasteiger partial charge in [-0.2, -0.15) is 0 Å². The zero-order chi connectivity index (χ0) is 22.9. The molecular formula is C26H29ClN2O2S. The quantitative estimate of drug-likeness (QED) is 0.356. The average molecular weight is 469 g/mol. The second-order valence-corrected chi connectivity index (χ2v) is 9.64. The Kier molecular flexibility index (Phi) is 8.89. The van der Waals surface area contributed by atoms with Crippen LogP contribution in [0.5, 0.6) is 0 Å². The van der Waals surface area contributed by atoms with E-state index in [1.165, 1.54) is 4.88 Å². The van der Waals surface area contributed by atoms with Crippen molar-refractivity contribution >= 4 is 34.8 Å². The zero-order valence-electron chi connectivity index (χ0n) is 18.6. The monoisotopic (exact) mass is 468 g/mol. The summed E-state index contributed by atoms with van der Waals surface area (Å²) < 4.78 is 0. The smallest absolute Gasteiger partial charge is 0.254 e. The number of carbonyl (C=O) groups excluding carboxylic acids is 2. The Morgan fingerprint density at radius 1 is 0.906 bits per heavy atom. The third kappa shape index (κ3) is 6.94. The number of unbranched alkanes of at least 4 members (excludes halogenated alkanes) is 1. The lowest BCUT2D eigenvalue weighted by atomic mass is 10.1. The first-order valence-corrected chi connectivity index (χ1v) is 12.1. The summed E-state index contributed by atoms with van der Waals surface area (Å²) in [7, 11) is 0. The third-order valence-electron chi connectivity index (χ3n) is 5.20. The summed E-state index contributed by atoms with van der Waals surface area (Å²) in [6.07, 6.45) is 1.79. The Morgan fingerprint density at radius 3 is 2.25 bits per heavy atom. The van der Waals surface area contributed by atoms with Crippen molar-refractivity contribution in [1.82, 2.24) is 9.80 Å². The lowest BCUT2D eigenvalue weighted by Gasteiger charge is -2.28. The molecule has 0 atom stereocenters. The average Bonchev–Trinajstić information content (AvgIpc) is 3.21. The molecule has 0 unspecified atom stereocenters. The van der Waals surface area contributed by atoms with E-state index in [1.54, 1.807) is 40.5 Å². The van der Waals surface area contributed by atoms with Gasteiger partial charge in [-0.05, 0) is 55.3 Å². The fraction of sp³-hybridized carbons (Fsp3) is 0.308. The molecule has 6 heteroatoms. The summed E-state index contributed by atoms with van der Waals surface area (Å²) >= 11 is 7.67. The number of hydrogen-bond acceptors (Lipinski definition) is 3. The molecule has 168 valence electrons. The van der Waals surface area contributed by atoms with Crippen LogP contribution in [0.2, 0.25) is 5.02 Å². The van der Waals surface area contributed by atoms with Crippen molar-refractivity contribution < 1.29 is 9.59 Å². The Hall–Kier alpha value is -2.63. The van der Waals surface area contributed by atoms with Crippen molar-refractivity contribution in [2.75, 3.05) is 13.1 Å². The van der Waals surface area contributed by atoms with Crippen molar-refractivity contribution in [2.45, 2.75) is 39.8 Å². The highest BCUT2D eigenvalue weighted by molar-refractivity contribution is 7.11. The molecule has 4 nitrogen and oxygen atoms in total. The van der Waals surface area contributed by atoms with Gasteiger partial charge in [0.25, 0.3) is 5.91 Å². The largest absolute Gasteiger partial charge is 0.332 e. The molecule has 0 radical (unpaired) electrons. The molecule has 2 amide bonds. The van der Waals surface area contributed by atoms with E-state index in [4.69, 9.17) is 11.6 Å². The van der Waals surface area contributed by atoms with Gasteiger partial charge in [0.05, 0.1) is 6.54 Å². The molecule has 1 aromatic heterocycles. The van der Waals surface area contributed by atoms with Crippen molar-refractivity contribution in [1.29, 1.82) is 0 Å². The first-order valence-electron chi connectivity index (χ1n) is 10.9. The number of nitrogens with zero attached hydrogens (tertiary/aromatic N) is 2. The molecule has 32 heavy (non-hydrogen) atoms. The van der Waals surface area contributed by atoms with E-state index in [-0.39, 0.29) is 18.4 Å². The molecule has 0 saturated carbocycles. The Bertz CT molecular complexity index is 1020. The number of thiophene rings is 1. The third-order valence-corrected chi connectivity index (χ3v) is 6.44. The predicted molar refractivity (Wildman–Crippen MR) is 132 cm³/mol. The van der Waals surface area contributed by atoms with E-state index < -0.39 is 0 Å². The molecule has 3 aromatic rings. The normalized spacial score (nSPS) is 10.7. The molecule has 0 saturated heterocycles. The predicted octanol–water partition coefficient (Wildman–Crippen LogP) is 6.18. The molecule has 0 fully saturated rings. The summed E-state index contributed by atoms with van der Waals surface area (Å²) in [5.74, 6) is -0.201. The van der Waals surface area contributed by atoms with Crippen LogP contribution in [0.1, 0.15) is 45.4 Å². The fourth-order valence-electron chi connectivity index (χ4n) is 3.43. The summed E-state index contributed by atoms with van der Waals surface area (Å²) in [6.45, 7) is 5.78. The van der Waals surface area contributed by atoms with Crippen LogP contribution in [0.25, 0.3) is 0 Å². The molecule has 0 N–H and O–H groups in total. The first-order chi connectivity index (χ1) is 15.5. The second kappa shape index (κ2) is 11.8. The maximum Gasteiger partial charge on any atom is 0.254 e. The molecule has 2 aromatic carbocycles. The number of aryl methyl sites for hydroxylation is 1. The van der Waals surface area contributed by atoms with Gasteiger partial charge in [-0.25, -0.2) is 0 Å². The Morgan fingerprint density at radius 2 is 1.62 bits per heavy atom. The highest BCUT2D eigenvalue weighted by atomic mass is 35.5. The number of halogens is 1. The van der Waals surface area contributed by atoms with Crippen LogP contribution in [0.4, 0.5) is 0 Å². The van der Waals surface area contributed by atoms with Gasteiger partial charge >= 0.3 is 0 Å². The number of benzene rings is 2. The number of hydrogen-bond donors (Lipinski definition) is 0. The minimum atomic E-state index is -0.143. The minimum absolute atomic E-state index is 0.0542. The minimum Gasteiger partial charge on any atom is -0.332 e. The van der Waals surface area contributed by atoms with Crippen LogP contribution in [-0.2, 0) is 17.9 Å². The van der Waals surface area contributed by atoms with Gasteiger partial charge in [-0.15, -0.1) is 11.3 Å².